The average molecular weight is 358 g/mol. The molecule has 1 heterocycles. The van der Waals surface area contributed by atoms with E-state index in [1.165, 1.54) is 75.5 Å². The van der Waals surface area contributed by atoms with Crippen molar-refractivity contribution >= 4 is 16.7 Å². The number of hydrogen-bond donors (Lipinski definition) is 0. The number of unbranched alkanes of at least 4 members (excludes halogenated alkanes) is 9. The summed E-state index contributed by atoms with van der Waals surface area (Å²) in [5, 5.41) is 2.45. The van der Waals surface area contributed by atoms with Gasteiger partial charge in [-0.2, -0.15) is 0 Å². The van der Waals surface area contributed by atoms with E-state index in [4.69, 9.17) is 4.74 Å². The summed E-state index contributed by atoms with van der Waals surface area (Å²) >= 11 is 0. The van der Waals surface area contributed by atoms with Crippen LogP contribution in [0.4, 0.5) is 0 Å². The van der Waals surface area contributed by atoms with Crippen molar-refractivity contribution in [2.24, 2.45) is 0 Å². The van der Waals surface area contributed by atoms with Crippen LogP contribution < -0.4 is 0 Å². The molecule has 26 heavy (non-hydrogen) atoms. The second-order valence-electron chi connectivity index (χ2n) is 6.74. The molecule has 0 aliphatic carbocycles. The molecule has 0 aliphatic heterocycles. The highest BCUT2D eigenvalue weighted by molar-refractivity contribution is 5.80. The lowest BCUT2D eigenvalue weighted by Gasteiger charge is -2.02. The Hall–Kier alpha value is -1.90. The zero-order chi connectivity index (χ0) is 18.9. The first-order chi connectivity index (χ1) is 12.7. The number of aromatic nitrogens is 1. The molecule has 3 nitrogen and oxygen atoms in total. The molecule has 0 aliphatic rings. The number of nitrogens with zero attached hydrogens (tertiary/aromatic N) is 1. The smallest absolute Gasteiger partial charge is 0.302 e. The molecule has 0 bridgehead atoms. The number of esters is 1. The second-order valence-corrected chi connectivity index (χ2v) is 6.74. The summed E-state index contributed by atoms with van der Waals surface area (Å²) in [6, 6.07) is 10.2. The molecule has 0 radical (unpaired) electrons. The first-order valence-corrected chi connectivity index (χ1v) is 10.2. The predicted octanol–water partition coefficient (Wildman–Crippen LogP) is 6.71. The van der Waals surface area contributed by atoms with E-state index in [2.05, 4.69) is 24.0 Å². The van der Waals surface area contributed by atoms with Crippen molar-refractivity contribution in [1.29, 1.82) is 0 Å². The van der Waals surface area contributed by atoms with Crippen LogP contribution in [0.5, 0.6) is 0 Å². The van der Waals surface area contributed by atoms with Crippen LogP contribution in [-0.2, 0) is 9.53 Å². The van der Waals surface area contributed by atoms with Gasteiger partial charge in [0, 0.05) is 19.3 Å². The number of carbonyl (C=O) groups is 1. The molecule has 0 N–H and O–H groups in total. The summed E-state index contributed by atoms with van der Waals surface area (Å²) in [6.45, 7) is 4.32. The van der Waals surface area contributed by atoms with Crippen LogP contribution in [0.15, 0.2) is 42.7 Å². The van der Waals surface area contributed by atoms with Gasteiger partial charge in [0.15, 0.2) is 0 Å². The standard InChI is InChI=1S/C14H28O2.C9H7N/c1-3-4-5-6-7-8-9-10-11-12-13-16-14(2)15;1-2-4-9-7-10-6-5-8(9)3-1/h3-13H2,1-2H3;1-7H. The summed E-state index contributed by atoms with van der Waals surface area (Å²) in [5.41, 5.74) is 0. The van der Waals surface area contributed by atoms with E-state index in [1.807, 2.05) is 30.6 Å². The highest BCUT2D eigenvalue weighted by Crippen LogP contribution is 2.11. The van der Waals surface area contributed by atoms with Crippen molar-refractivity contribution < 1.29 is 9.53 Å². The molecule has 0 saturated heterocycles. The highest BCUT2D eigenvalue weighted by atomic mass is 16.5. The van der Waals surface area contributed by atoms with Gasteiger partial charge in [0.2, 0.25) is 0 Å². The molecule has 2 aromatic rings. The Morgan fingerprint density at radius 3 is 2.00 bits per heavy atom. The van der Waals surface area contributed by atoms with Crippen LogP contribution in [-0.4, -0.2) is 17.6 Å². The largest absolute Gasteiger partial charge is 0.466 e. The zero-order valence-electron chi connectivity index (χ0n) is 16.6. The number of carbonyl (C=O) groups excluding carboxylic acids is 1. The van der Waals surface area contributed by atoms with Crippen molar-refractivity contribution in [3.05, 3.63) is 42.7 Å². The van der Waals surface area contributed by atoms with Crippen molar-refractivity contribution in [2.45, 2.75) is 78.1 Å². The van der Waals surface area contributed by atoms with Crippen molar-refractivity contribution in [1.82, 2.24) is 4.98 Å². The summed E-state index contributed by atoms with van der Waals surface area (Å²) in [6.07, 6.45) is 16.8. The van der Waals surface area contributed by atoms with E-state index >= 15 is 0 Å². The van der Waals surface area contributed by atoms with Gasteiger partial charge in [-0.15, -0.1) is 0 Å². The van der Waals surface area contributed by atoms with E-state index in [0.29, 0.717) is 6.61 Å². The lowest BCUT2D eigenvalue weighted by molar-refractivity contribution is -0.141. The van der Waals surface area contributed by atoms with Crippen LogP contribution in [0.3, 0.4) is 0 Å². The maximum absolute atomic E-state index is 10.5. The quantitative estimate of drug-likeness (QED) is 0.331. The number of rotatable bonds is 11. The summed E-state index contributed by atoms with van der Waals surface area (Å²) in [4.78, 5) is 14.5. The normalized spacial score (nSPS) is 10.2. The lowest BCUT2D eigenvalue weighted by atomic mass is 10.1. The lowest BCUT2D eigenvalue weighted by Crippen LogP contribution is -2.00. The van der Waals surface area contributed by atoms with E-state index in [1.54, 1.807) is 0 Å². The molecular formula is C23H35NO2. The molecule has 0 amide bonds. The summed E-state index contributed by atoms with van der Waals surface area (Å²) in [5.74, 6) is -0.157. The van der Waals surface area contributed by atoms with Gasteiger partial charge in [0.05, 0.1) is 6.61 Å². The van der Waals surface area contributed by atoms with Crippen molar-refractivity contribution in [3.63, 3.8) is 0 Å². The van der Waals surface area contributed by atoms with Gasteiger partial charge in [-0.3, -0.25) is 9.78 Å². The molecule has 0 unspecified atom stereocenters. The molecular weight excluding hydrogens is 322 g/mol. The Balaban J connectivity index is 0.000000284. The fraction of sp³-hybridized carbons (Fsp3) is 0.565. The van der Waals surface area contributed by atoms with Gasteiger partial charge in [-0.05, 0) is 23.3 Å². The second kappa shape index (κ2) is 15.4. The Labute approximate surface area is 159 Å². The van der Waals surface area contributed by atoms with Gasteiger partial charge in [0.1, 0.15) is 0 Å². The monoisotopic (exact) mass is 357 g/mol. The molecule has 1 aromatic carbocycles. The summed E-state index contributed by atoms with van der Waals surface area (Å²) < 4.78 is 4.87. The number of fused-ring (bicyclic) bond motifs is 1. The van der Waals surface area contributed by atoms with Crippen LogP contribution in [0.25, 0.3) is 10.8 Å². The first-order valence-electron chi connectivity index (χ1n) is 10.2. The minimum Gasteiger partial charge on any atom is -0.466 e. The molecule has 0 atom stereocenters. The van der Waals surface area contributed by atoms with Crippen LogP contribution in [0.1, 0.15) is 78.1 Å². The predicted molar refractivity (Wildman–Crippen MR) is 110 cm³/mol. The fourth-order valence-electron chi connectivity index (χ4n) is 2.83. The number of ether oxygens (including phenoxy) is 1. The number of pyridine rings is 1. The van der Waals surface area contributed by atoms with Gasteiger partial charge < -0.3 is 4.74 Å². The first kappa shape index (κ1) is 22.1. The van der Waals surface area contributed by atoms with Gasteiger partial charge >= 0.3 is 5.97 Å². The zero-order valence-corrected chi connectivity index (χ0v) is 16.6. The topological polar surface area (TPSA) is 39.2 Å². The van der Waals surface area contributed by atoms with Gasteiger partial charge in [-0.25, -0.2) is 0 Å². The third-order valence-corrected chi connectivity index (χ3v) is 4.35. The van der Waals surface area contributed by atoms with E-state index in [-0.39, 0.29) is 5.97 Å². The molecule has 144 valence electrons. The minimum absolute atomic E-state index is 0.157. The van der Waals surface area contributed by atoms with Gasteiger partial charge in [0.25, 0.3) is 0 Å². The highest BCUT2D eigenvalue weighted by Gasteiger charge is 1.94. The molecule has 2 rings (SSSR count). The number of benzene rings is 1. The van der Waals surface area contributed by atoms with Gasteiger partial charge in [-0.1, -0.05) is 89.0 Å². The average Bonchev–Trinajstić information content (AvgIpc) is 2.66. The van der Waals surface area contributed by atoms with E-state index < -0.39 is 0 Å². The van der Waals surface area contributed by atoms with Crippen LogP contribution in [0.2, 0.25) is 0 Å². The van der Waals surface area contributed by atoms with Crippen LogP contribution in [0, 0.1) is 0 Å². The van der Waals surface area contributed by atoms with E-state index in [0.717, 1.165) is 6.42 Å². The maximum Gasteiger partial charge on any atom is 0.302 e. The third kappa shape index (κ3) is 11.6. The summed E-state index contributed by atoms with van der Waals surface area (Å²) in [7, 11) is 0. The Morgan fingerprint density at radius 2 is 1.42 bits per heavy atom. The molecule has 0 spiro atoms. The third-order valence-electron chi connectivity index (χ3n) is 4.35. The van der Waals surface area contributed by atoms with E-state index in [9.17, 15) is 4.79 Å². The Kier molecular flexibility index (Phi) is 13.1. The Morgan fingerprint density at radius 1 is 0.846 bits per heavy atom. The van der Waals surface area contributed by atoms with Crippen molar-refractivity contribution in [3.8, 4) is 0 Å². The SMILES string of the molecule is CCCCCCCCCCCCOC(C)=O.c1ccc2cnccc2c1. The molecule has 3 heteroatoms. The van der Waals surface area contributed by atoms with Crippen molar-refractivity contribution in [2.75, 3.05) is 6.61 Å². The molecule has 1 aromatic heterocycles. The Bertz CT molecular complexity index is 532. The van der Waals surface area contributed by atoms with Crippen LogP contribution >= 0.6 is 0 Å². The molecule has 0 saturated carbocycles. The minimum atomic E-state index is -0.157. The molecule has 0 fully saturated rings. The number of hydrogen-bond acceptors (Lipinski definition) is 3. The maximum atomic E-state index is 10.5. The fourth-order valence-corrected chi connectivity index (χ4v) is 2.83.